The Hall–Kier alpha value is -2.80. The molecule has 0 radical (unpaired) electrons. The molecule has 1 aromatic carbocycles. The summed E-state index contributed by atoms with van der Waals surface area (Å²) < 4.78 is 0. The summed E-state index contributed by atoms with van der Waals surface area (Å²) in [6, 6.07) is 7.21. The Bertz CT molecular complexity index is 608. The first kappa shape index (κ1) is 18.2. The molecule has 7 heteroatoms. The van der Waals surface area contributed by atoms with Crippen LogP contribution >= 0.6 is 0 Å². The third-order valence-electron chi connectivity index (χ3n) is 3.20. The third-order valence-corrected chi connectivity index (χ3v) is 3.20. The minimum atomic E-state index is -0.0907. The lowest BCUT2D eigenvalue weighted by Gasteiger charge is -2.21. The van der Waals surface area contributed by atoms with Gasteiger partial charge in [0, 0.05) is 43.7 Å². The van der Waals surface area contributed by atoms with Crippen LogP contribution in [0.4, 0.5) is 5.69 Å². The van der Waals surface area contributed by atoms with E-state index < -0.39 is 0 Å². The van der Waals surface area contributed by atoms with Gasteiger partial charge >= 0.3 is 0 Å². The highest BCUT2D eigenvalue weighted by Crippen LogP contribution is 2.13. The molecule has 0 atom stereocenters. The van der Waals surface area contributed by atoms with E-state index >= 15 is 0 Å². The largest absolute Gasteiger partial charge is 0.402 e. The van der Waals surface area contributed by atoms with Gasteiger partial charge in [-0.3, -0.25) is 4.79 Å². The molecule has 122 valence electrons. The van der Waals surface area contributed by atoms with Gasteiger partial charge in [0.25, 0.3) is 5.91 Å². The number of hydrogen-bond acceptors (Lipinski definition) is 5. The van der Waals surface area contributed by atoms with Crippen molar-refractivity contribution in [2.45, 2.75) is 13.3 Å². The number of amides is 1. The van der Waals surface area contributed by atoms with Crippen LogP contribution in [-0.4, -0.2) is 42.5 Å². The van der Waals surface area contributed by atoms with Gasteiger partial charge in [-0.1, -0.05) is 17.2 Å². The molecular formula is C16H23N6O+. The summed E-state index contributed by atoms with van der Waals surface area (Å²) in [7, 11) is 0. The van der Waals surface area contributed by atoms with Gasteiger partial charge in [0.2, 0.25) is 0 Å². The van der Waals surface area contributed by atoms with E-state index in [9.17, 15) is 4.79 Å². The van der Waals surface area contributed by atoms with Crippen LogP contribution in [0, 0.1) is 10.8 Å². The molecule has 23 heavy (non-hydrogen) atoms. The van der Waals surface area contributed by atoms with E-state index in [1.54, 1.807) is 16.4 Å². The molecule has 0 aromatic heterocycles. The number of nitrogens with one attached hydrogen (secondary N) is 2. The normalized spacial score (nSPS) is 11.4. The van der Waals surface area contributed by atoms with Crippen LogP contribution in [0.5, 0.6) is 0 Å². The van der Waals surface area contributed by atoms with Crippen LogP contribution in [0.3, 0.4) is 0 Å². The van der Waals surface area contributed by atoms with Gasteiger partial charge < -0.3 is 21.5 Å². The summed E-state index contributed by atoms with van der Waals surface area (Å²) in [4.78, 5) is 14.4. The van der Waals surface area contributed by atoms with E-state index in [4.69, 9.17) is 16.6 Å². The second kappa shape index (κ2) is 10.0. The lowest BCUT2D eigenvalue weighted by molar-refractivity contribution is -0.577. The number of nitrogens with zero attached hydrogens (tertiary/aromatic N) is 2. The Balaban J connectivity index is 2.88. The molecule has 0 heterocycles. The maximum Gasteiger partial charge on any atom is 0.259 e. The van der Waals surface area contributed by atoms with E-state index in [-0.39, 0.29) is 5.91 Å². The molecule has 0 saturated heterocycles. The summed E-state index contributed by atoms with van der Waals surface area (Å²) in [5.74, 6) is -0.0907. The maximum atomic E-state index is 12.7. The number of allylic oxidation sites excluding steroid dienone is 1. The average molecular weight is 315 g/mol. The standard InChI is InChI=1S/C16H22N6O/c1-2-22(12-8-13(19)7-9-17)16(23)14-5-3-4-6-15(14)21-20-11-10-18/h3-7,9-11,17-18,21H,2,8,12,19H2,1H3/p+1. The number of hydrogen-bond donors (Lipinski definition) is 4. The maximum absolute atomic E-state index is 12.7. The van der Waals surface area contributed by atoms with Crippen molar-refractivity contribution in [1.82, 2.24) is 4.90 Å². The molecule has 0 aliphatic carbocycles. The quantitative estimate of drug-likeness (QED) is 0.234. The van der Waals surface area contributed by atoms with Gasteiger partial charge in [0.1, 0.15) is 11.8 Å². The SMILES string of the molecule is CCN(CCC(N)=CC=N)C(=O)c1ccccc1[NH2+]N=CC=N. The van der Waals surface area contributed by atoms with Crippen LogP contribution in [0.25, 0.3) is 0 Å². The molecule has 0 unspecified atom stereocenters. The van der Waals surface area contributed by atoms with Crippen LogP contribution in [0.1, 0.15) is 23.7 Å². The van der Waals surface area contributed by atoms with Gasteiger partial charge in [-0.2, -0.15) is 5.43 Å². The summed E-state index contributed by atoms with van der Waals surface area (Å²) in [5, 5.41) is 17.9. The zero-order chi connectivity index (χ0) is 17.1. The van der Waals surface area contributed by atoms with Gasteiger partial charge in [-0.25, -0.2) is 0 Å². The van der Waals surface area contributed by atoms with Crippen molar-refractivity contribution in [2.75, 3.05) is 13.1 Å². The Morgan fingerprint density at radius 3 is 2.74 bits per heavy atom. The predicted molar refractivity (Wildman–Crippen MR) is 92.6 cm³/mol. The molecule has 7 nitrogen and oxygen atoms in total. The molecule has 0 spiro atoms. The summed E-state index contributed by atoms with van der Waals surface area (Å²) in [6.45, 7) is 2.96. The molecule has 0 bridgehead atoms. The minimum Gasteiger partial charge on any atom is -0.402 e. The zero-order valence-corrected chi connectivity index (χ0v) is 13.2. The second-order valence-corrected chi connectivity index (χ2v) is 4.72. The Labute approximate surface area is 135 Å². The monoisotopic (exact) mass is 315 g/mol. The van der Waals surface area contributed by atoms with Crippen LogP contribution < -0.4 is 11.2 Å². The highest BCUT2D eigenvalue weighted by Gasteiger charge is 2.19. The first-order chi connectivity index (χ1) is 11.1. The molecule has 0 fully saturated rings. The average Bonchev–Trinajstić information content (AvgIpc) is 2.56. The van der Waals surface area contributed by atoms with Crippen molar-refractivity contribution in [3.8, 4) is 0 Å². The lowest BCUT2D eigenvalue weighted by atomic mass is 10.1. The molecule has 6 N–H and O–H groups in total. The number of nitrogens with two attached hydrogens (primary N) is 2. The van der Waals surface area contributed by atoms with Crippen molar-refractivity contribution in [3.63, 3.8) is 0 Å². The minimum absolute atomic E-state index is 0.0907. The summed E-state index contributed by atoms with van der Waals surface area (Å²) in [6.07, 6.45) is 5.61. The topological polar surface area (TPSA) is 123 Å². The molecule has 0 aliphatic heterocycles. The van der Waals surface area contributed by atoms with E-state index in [2.05, 4.69) is 5.10 Å². The summed E-state index contributed by atoms with van der Waals surface area (Å²) >= 11 is 0. The second-order valence-electron chi connectivity index (χ2n) is 4.72. The Kier molecular flexibility index (Phi) is 7.95. The lowest BCUT2D eigenvalue weighted by Crippen LogP contribution is -2.71. The number of carbonyl (C=O) groups excluding carboxylic acids is 1. The van der Waals surface area contributed by atoms with E-state index in [0.717, 1.165) is 12.4 Å². The van der Waals surface area contributed by atoms with Crippen molar-refractivity contribution in [3.05, 3.63) is 41.6 Å². The molecule has 1 rings (SSSR count). The Morgan fingerprint density at radius 2 is 2.09 bits per heavy atom. The van der Waals surface area contributed by atoms with Gasteiger partial charge in [-0.05, 0) is 19.1 Å². The summed E-state index contributed by atoms with van der Waals surface area (Å²) in [5.41, 5.74) is 9.17. The number of quaternary nitrogens is 1. The van der Waals surface area contributed by atoms with Crippen LogP contribution in [-0.2, 0) is 0 Å². The van der Waals surface area contributed by atoms with Crippen molar-refractivity contribution in [2.24, 2.45) is 10.8 Å². The van der Waals surface area contributed by atoms with Gasteiger partial charge in [-0.15, -0.1) is 0 Å². The fraction of sp³-hybridized carbons (Fsp3) is 0.250. The van der Waals surface area contributed by atoms with E-state index in [0.29, 0.717) is 36.5 Å². The number of rotatable bonds is 9. The highest BCUT2D eigenvalue weighted by molar-refractivity contribution is 6.14. The highest BCUT2D eigenvalue weighted by atomic mass is 16.2. The van der Waals surface area contributed by atoms with Gasteiger partial charge in [0.05, 0.1) is 0 Å². The van der Waals surface area contributed by atoms with Crippen LogP contribution in [0.15, 0.2) is 41.1 Å². The van der Waals surface area contributed by atoms with E-state index in [1.165, 1.54) is 12.3 Å². The van der Waals surface area contributed by atoms with Crippen molar-refractivity contribution < 1.29 is 10.2 Å². The van der Waals surface area contributed by atoms with Gasteiger partial charge in [0.15, 0.2) is 5.69 Å². The zero-order valence-electron chi connectivity index (χ0n) is 13.2. The number of carbonyl (C=O) groups is 1. The molecule has 0 aliphatic rings. The first-order valence-electron chi connectivity index (χ1n) is 7.32. The van der Waals surface area contributed by atoms with Crippen molar-refractivity contribution in [1.29, 1.82) is 10.8 Å². The Morgan fingerprint density at radius 1 is 1.35 bits per heavy atom. The predicted octanol–water partition coefficient (Wildman–Crippen LogP) is 0.861. The molecular weight excluding hydrogens is 292 g/mol. The fourth-order valence-electron chi connectivity index (χ4n) is 2.00. The first-order valence-corrected chi connectivity index (χ1v) is 7.32. The molecule has 0 saturated carbocycles. The molecule has 1 aromatic rings. The van der Waals surface area contributed by atoms with E-state index in [1.807, 2.05) is 25.1 Å². The van der Waals surface area contributed by atoms with Crippen LogP contribution in [0.2, 0.25) is 0 Å². The molecule has 1 amide bonds. The fourth-order valence-corrected chi connectivity index (χ4v) is 2.00. The van der Waals surface area contributed by atoms with Crippen molar-refractivity contribution >= 4 is 30.2 Å². The number of benzene rings is 1. The third kappa shape index (κ3) is 5.84. The smallest absolute Gasteiger partial charge is 0.259 e.